The molecule has 48 heteroatoms. The molecular formula is C78H118N14O34. The molecule has 3 aliphatic heterocycles. The third-order valence-electron chi connectivity index (χ3n) is 19.2. The Balaban J connectivity index is 1.88. The van der Waals surface area contributed by atoms with E-state index in [1.54, 1.807) is 13.8 Å². The SMILES string of the molecule is CC(=O)N[C@H]1[C@H](OC[C@H](NC(=O)[C@H](CO[C@@H]2O[C@H](COC(C)=O)[C@@H](OC(C)=O)[C@H](OC(C)=O)[C@H]2NC(C)=O)NC(=O)[C@H](CO)NC(=O)[C@@H](NC(=O)[C@@H]2CCCN2C(=O)[C@H](C)NC(=O)[C@H](CO)NC(=O)[C@H](Cc2ccc(O)cc2)NC(C)=O)C(C)C)C(=O)N[C@@H](CC(C)C)C(=O)N[C@@H](CO)C(=O)N[C@H](C(N)=O)C(C)C)O[C@H](COC(C)=O)[C@@H](OC(C)=O)[C@@H]1OC(C)=O. The van der Waals surface area contributed by atoms with Crippen LogP contribution in [0, 0.1) is 17.8 Å². The van der Waals surface area contributed by atoms with E-state index in [1.165, 1.54) is 58.9 Å². The van der Waals surface area contributed by atoms with Crippen molar-refractivity contribution in [3.8, 4) is 5.75 Å². The first-order chi connectivity index (χ1) is 59.0. The molecule has 0 aromatic heterocycles. The number of aromatic hydroxyl groups is 1. The molecule has 0 spiro atoms. The largest absolute Gasteiger partial charge is 0.508 e. The molecule has 48 nitrogen and oxygen atoms in total. The van der Waals surface area contributed by atoms with E-state index in [2.05, 4.69) is 63.8 Å². The number of ether oxygens (including phenoxy) is 10. The van der Waals surface area contributed by atoms with Gasteiger partial charge in [0.2, 0.25) is 82.7 Å². The van der Waals surface area contributed by atoms with Gasteiger partial charge in [0, 0.05) is 75.3 Å². The third kappa shape index (κ3) is 33.9. The quantitative estimate of drug-likeness (QED) is 0.0213. The number of hydrogen-bond acceptors (Lipinski definition) is 34. The van der Waals surface area contributed by atoms with Gasteiger partial charge in [0.05, 0.1) is 33.0 Å². The highest BCUT2D eigenvalue weighted by atomic mass is 16.7. The van der Waals surface area contributed by atoms with E-state index in [9.17, 15) is 102 Å². The molecule has 126 heavy (non-hydrogen) atoms. The highest BCUT2D eigenvalue weighted by Gasteiger charge is 2.54. The fraction of sp³-hybridized carbons (Fsp3) is 0.667. The summed E-state index contributed by atoms with van der Waals surface area (Å²) in [5.74, 6) is -23.4. The van der Waals surface area contributed by atoms with Crippen molar-refractivity contribution in [2.45, 2.75) is 264 Å². The van der Waals surface area contributed by atoms with Gasteiger partial charge >= 0.3 is 35.8 Å². The molecular weight excluding hydrogens is 1680 g/mol. The number of carbonyl (C=O) groups is 20. The highest BCUT2D eigenvalue weighted by molar-refractivity contribution is 6.00. The highest BCUT2D eigenvalue weighted by Crippen LogP contribution is 2.31. The van der Waals surface area contributed by atoms with Crippen molar-refractivity contribution in [2.24, 2.45) is 23.5 Å². The van der Waals surface area contributed by atoms with E-state index < -0.39 is 310 Å². The average Bonchev–Trinajstić information content (AvgIpc) is 0.966. The van der Waals surface area contributed by atoms with Crippen molar-refractivity contribution >= 4 is 119 Å². The number of aliphatic hydroxyl groups is 3. The molecule has 0 aliphatic carbocycles. The van der Waals surface area contributed by atoms with Crippen LogP contribution in [-0.2, 0) is 150 Å². The number of hydrogen-bond donors (Lipinski definition) is 17. The number of nitrogens with one attached hydrogen (secondary N) is 12. The maximum absolute atomic E-state index is 15.7. The van der Waals surface area contributed by atoms with Gasteiger partial charge in [-0.15, -0.1) is 0 Å². The Morgan fingerprint density at radius 3 is 1.19 bits per heavy atom. The molecule has 3 heterocycles. The number of benzene rings is 1. The van der Waals surface area contributed by atoms with Gasteiger partial charge in [0.25, 0.3) is 0 Å². The number of amides is 14. The predicted octanol–water partition coefficient (Wildman–Crippen LogP) is -8.02. The lowest BCUT2D eigenvalue weighted by molar-refractivity contribution is -0.279. The van der Waals surface area contributed by atoms with Crippen molar-refractivity contribution in [2.75, 3.05) is 52.8 Å². The number of likely N-dealkylation sites (tertiary alicyclic amines) is 1. The molecule has 3 fully saturated rings. The second-order valence-corrected chi connectivity index (χ2v) is 31.1. The fourth-order valence-corrected chi connectivity index (χ4v) is 13.4. The molecule has 0 saturated carbocycles. The van der Waals surface area contributed by atoms with Crippen LogP contribution >= 0.6 is 0 Å². The van der Waals surface area contributed by atoms with Gasteiger partial charge in [-0.3, -0.25) is 95.9 Å². The summed E-state index contributed by atoms with van der Waals surface area (Å²) < 4.78 is 57.3. The molecule has 0 radical (unpaired) electrons. The second kappa shape index (κ2) is 50.9. The van der Waals surface area contributed by atoms with Gasteiger partial charge in [0.1, 0.15) is 110 Å². The number of nitrogens with two attached hydrogens (primary N) is 1. The molecule has 18 N–H and O–H groups in total. The number of phenolic OH excluding ortho intramolecular Hbond substituents is 1. The van der Waals surface area contributed by atoms with Gasteiger partial charge in [-0.1, -0.05) is 53.7 Å². The van der Waals surface area contributed by atoms with Crippen molar-refractivity contribution in [3.05, 3.63) is 29.8 Å². The zero-order chi connectivity index (χ0) is 95.0. The smallest absolute Gasteiger partial charge is 0.303 e. The lowest BCUT2D eigenvalue weighted by Gasteiger charge is -2.45. The Bertz CT molecular complexity index is 4040. The van der Waals surface area contributed by atoms with Gasteiger partial charge in [0.15, 0.2) is 37.0 Å². The Morgan fingerprint density at radius 2 is 0.810 bits per heavy atom. The summed E-state index contributed by atoms with van der Waals surface area (Å²) >= 11 is 0. The molecule has 3 aliphatic rings. The number of rotatable bonds is 46. The van der Waals surface area contributed by atoms with E-state index in [0.717, 1.165) is 67.2 Å². The summed E-state index contributed by atoms with van der Waals surface area (Å²) in [4.78, 5) is 272. The maximum Gasteiger partial charge on any atom is 0.303 e. The molecule has 0 unspecified atom stereocenters. The van der Waals surface area contributed by atoms with Crippen LogP contribution in [0.3, 0.4) is 0 Å². The number of primary amides is 1. The molecule has 1 aromatic carbocycles. The minimum atomic E-state index is -2.37. The normalized spacial score (nSPS) is 22.0. The van der Waals surface area contributed by atoms with Crippen LogP contribution in [0.2, 0.25) is 0 Å². The lowest BCUT2D eigenvalue weighted by Crippen LogP contribution is -2.67. The molecule has 21 atom stereocenters. The monoisotopic (exact) mass is 1790 g/mol. The van der Waals surface area contributed by atoms with Crippen molar-refractivity contribution < 1.29 is 164 Å². The van der Waals surface area contributed by atoms with Gasteiger partial charge in [-0.05, 0) is 61.6 Å². The first kappa shape index (κ1) is 106. The van der Waals surface area contributed by atoms with Crippen LogP contribution < -0.4 is 69.5 Å². The second-order valence-electron chi connectivity index (χ2n) is 31.1. The van der Waals surface area contributed by atoms with Crippen LogP contribution in [0.15, 0.2) is 24.3 Å². The van der Waals surface area contributed by atoms with Crippen LogP contribution in [-0.4, -0.2) is 324 Å². The average molecular weight is 1800 g/mol. The van der Waals surface area contributed by atoms with E-state index >= 15 is 14.4 Å². The van der Waals surface area contributed by atoms with Crippen LogP contribution in [0.1, 0.15) is 136 Å². The van der Waals surface area contributed by atoms with Crippen molar-refractivity contribution in [1.29, 1.82) is 0 Å². The standard InChI is InChI=1S/C78H118N14O34/c1-33(2)24-48(67(107)86-52(28-95)71(111)90-58(34(3)4)66(79)106)84-72(112)53(29-119-77-60(82-38(9)97)64(123-44(15)103)62(121-42(13)101)56(125-77)31-117-40(11)99)89-73(113)54(30-120-78-61(83-39(10)98)65(124-45(16)104)63(122-43(14)102)57(126-78)32-118-41(12)100)88-70(110)51(27-94)87-75(115)59(35(5)6)91-74(114)55-18-17-23-92(55)76(116)36(7)80-69(109)50(26-93)85-68(108)49(81-37(8)96)25-46-19-21-47(105)22-20-46/h19-22,33-36,48-65,77-78,93-95,105H,17-18,23-32H2,1-16H3,(H2,79,106)(H,80,109)(H,81,96)(H,82,97)(H,83,98)(H,84,112)(H,85,108)(H,86,107)(H,87,115)(H,88,110)(H,89,113)(H,90,111)(H,91,114)/t36-,48-,49-,50-,51-,52-,53-,54-,55-,56+,57+,58-,59-,60+,61+,62+,63+,64+,65+,77+,78+/m0/s1. The summed E-state index contributed by atoms with van der Waals surface area (Å²) in [6, 6.07) is -17.2. The third-order valence-corrected chi connectivity index (χ3v) is 19.2. The predicted molar refractivity (Wildman–Crippen MR) is 427 cm³/mol. The van der Waals surface area contributed by atoms with Crippen LogP contribution in [0.4, 0.5) is 0 Å². The van der Waals surface area contributed by atoms with Gasteiger partial charge in [-0.25, -0.2) is 0 Å². The Morgan fingerprint density at radius 1 is 0.437 bits per heavy atom. The summed E-state index contributed by atoms with van der Waals surface area (Å²) in [7, 11) is 0. The van der Waals surface area contributed by atoms with Gasteiger partial charge < -0.3 is 142 Å². The van der Waals surface area contributed by atoms with E-state index in [1.807, 2.05) is 0 Å². The summed E-state index contributed by atoms with van der Waals surface area (Å²) in [5.41, 5.74) is 6.01. The minimum absolute atomic E-state index is 0.0215. The zero-order valence-electron chi connectivity index (χ0n) is 72.7. The lowest BCUT2D eigenvalue weighted by atomic mass is 9.96. The van der Waals surface area contributed by atoms with E-state index in [4.69, 9.17) is 53.1 Å². The molecule has 704 valence electrons. The number of esters is 6. The summed E-state index contributed by atoms with van der Waals surface area (Å²) in [6.07, 6.45) is -14.9. The first-order valence-corrected chi connectivity index (χ1v) is 40.3. The molecule has 0 bridgehead atoms. The molecule has 14 amide bonds. The minimum Gasteiger partial charge on any atom is -0.508 e. The Hall–Kier alpha value is -11.9. The van der Waals surface area contributed by atoms with Crippen LogP contribution in [0.25, 0.3) is 0 Å². The van der Waals surface area contributed by atoms with E-state index in [-0.39, 0.29) is 38.0 Å². The number of nitrogens with zero attached hydrogens (tertiary/aromatic N) is 1. The van der Waals surface area contributed by atoms with Crippen molar-refractivity contribution in [1.82, 2.24) is 68.7 Å². The summed E-state index contributed by atoms with van der Waals surface area (Å²) in [5, 5.41) is 70.1. The molecule has 3 saturated heterocycles. The van der Waals surface area contributed by atoms with Crippen molar-refractivity contribution in [3.63, 3.8) is 0 Å². The topological polar surface area (TPSA) is 688 Å². The Labute approximate surface area is 724 Å². The first-order valence-electron chi connectivity index (χ1n) is 40.3. The molecule has 1 aromatic rings. The zero-order valence-corrected chi connectivity index (χ0v) is 72.7. The maximum atomic E-state index is 15.7. The Kier molecular flexibility index (Phi) is 43.0. The van der Waals surface area contributed by atoms with Gasteiger partial charge in [-0.2, -0.15) is 0 Å². The fourth-order valence-electron chi connectivity index (χ4n) is 13.4. The van der Waals surface area contributed by atoms with E-state index in [0.29, 0.717) is 5.56 Å². The van der Waals surface area contributed by atoms with Crippen LogP contribution in [0.5, 0.6) is 5.75 Å². The number of phenols is 1. The number of aliphatic hydroxyl groups excluding tert-OH is 3. The summed E-state index contributed by atoms with van der Waals surface area (Å²) in [6.45, 7) is 11.5. The number of carbonyl (C=O) groups excluding carboxylic acids is 20. The molecule has 4 rings (SSSR count).